The number of ether oxygens (including phenoxy) is 2. The van der Waals surface area contributed by atoms with Gasteiger partial charge < -0.3 is 19.7 Å². The number of fused-ring (bicyclic) bond motifs is 1. The van der Waals surface area contributed by atoms with Gasteiger partial charge in [-0.15, -0.1) is 0 Å². The van der Waals surface area contributed by atoms with Crippen LogP contribution >= 0.6 is 0 Å². The van der Waals surface area contributed by atoms with Crippen LogP contribution in [0.3, 0.4) is 0 Å². The Kier molecular flexibility index (Phi) is 4.01. The summed E-state index contributed by atoms with van der Waals surface area (Å²) in [5.74, 6) is 1.77. The summed E-state index contributed by atoms with van der Waals surface area (Å²) in [6.07, 6.45) is 0.746. The van der Waals surface area contributed by atoms with Gasteiger partial charge in [-0.3, -0.25) is 4.79 Å². The molecule has 114 valence electrons. The molecule has 3 rings (SSSR count). The molecule has 5 heteroatoms. The summed E-state index contributed by atoms with van der Waals surface area (Å²) < 4.78 is 11.0. The maximum absolute atomic E-state index is 12.6. The number of hydrogen-bond acceptors (Lipinski definition) is 4. The molecular weight excluding hydrogens is 268 g/mol. The highest BCUT2D eigenvalue weighted by Crippen LogP contribution is 2.31. The van der Waals surface area contributed by atoms with Gasteiger partial charge in [0.1, 0.15) is 18.1 Å². The first-order valence-corrected chi connectivity index (χ1v) is 7.49. The molecule has 0 bridgehead atoms. The number of carbonyl (C=O) groups is 1. The van der Waals surface area contributed by atoms with Gasteiger partial charge in [-0.2, -0.15) is 0 Å². The predicted molar refractivity (Wildman–Crippen MR) is 79.7 cm³/mol. The van der Waals surface area contributed by atoms with E-state index in [1.165, 1.54) is 0 Å². The van der Waals surface area contributed by atoms with Crippen molar-refractivity contribution in [2.75, 3.05) is 33.4 Å². The number of methoxy groups -OCH3 is 1. The number of nitrogens with zero attached hydrogens (tertiary/aromatic N) is 1. The Morgan fingerprint density at radius 3 is 3.10 bits per heavy atom. The number of rotatable bonds is 2. The zero-order valence-corrected chi connectivity index (χ0v) is 12.6. The van der Waals surface area contributed by atoms with Gasteiger partial charge >= 0.3 is 0 Å². The zero-order valence-electron chi connectivity index (χ0n) is 12.6. The summed E-state index contributed by atoms with van der Waals surface area (Å²) >= 11 is 0. The Morgan fingerprint density at radius 2 is 2.33 bits per heavy atom. The fraction of sp³-hybridized carbons (Fsp3) is 0.562. The highest BCUT2D eigenvalue weighted by atomic mass is 16.5. The van der Waals surface area contributed by atoms with Crippen LogP contribution in [0.2, 0.25) is 0 Å². The van der Waals surface area contributed by atoms with E-state index in [2.05, 4.69) is 12.2 Å². The van der Waals surface area contributed by atoms with Crippen LogP contribution in [-0.4, -0.2) is 50.2 Å². The lowest BCUT2D eigenvalue weighted by atomic mass is 9.95. The maximum atomic E-state index is 12.6. The molecule has 0 aromatic heterocycles. The van der Waals surface area contributed by atoms with Gasteiger partial charge in [0.05, 0.1) is 13.0 Å². The Bertz CT molecular complexity index is 532. The molecule has 1 saturated heterocycles. The van der Waals surface area contributed by atoms with E-state index >= 15 is 0 Å². The molecular formula is C16H22N2O3. The van der Waals surface area contributed by atoms with Crippen molar-refractivity contribution in [3.63, 3.8) is 0 Å². The molecule has 0 radical (unpaired) electrons. The fourth-order valence-corrected chi connectivity index (χ4v) is 3.03. The molecule has 2 aliphatic rings. The van der Waals surface area contributed by atoms with Crippen LogP contribution in [0.5, 0.6) is 11.5 Å². The van der Waals surface area contributed by atoms with Crippen molar-refractivity contribution in [3.05, 3.63) is 23.8 Å². The quantitative estimate of drug-likeness (QED) is 0.885. The van der Waals surface area contributed by atoms with E-state index in [-0.39, 0.29) is 11.8 Å². The second-order valence-electron chi connectivity index (χ2n) is 5.83. The number of amides is 1. The minimum Gasteiger partial charge on any atom is -0.497 e. The molecule has 21 heavy (non-hydrogen) atoms. The molecule has 2 heterocycles. The van der Waals surface area contributed by atoms with Crippen molar-refractivity contribution < 1.29 is 14.3 Å². The van der Waals surface area contributed by atoms with Crippen LogP contribution in [0, 0.1) is 5.92 Å². The van der Waals surface area contributed by atoms with Crippen molar-refractivity contribution >= 4 is 5.91 Å². The molecule has 1 N–H and O–H groups in total. The Labute approximate surface area is 125 Å². The number of piperazine rings is 1. The lowest BCUT2D eigenvalue weighted by molar-refractivity contribution is -0.138. The first-order chi connectivity index (χ1) is 10.2. The van der Waals surface area contributed by atoms with Gasteiger partial charge in [0.25, 0.3) is 0 Å². The summed E-state index contributed by atoms with van der Waals surface area (Å²) in [5, 5.41) is 3.36. The van der Waals surface area contributed by atoms with Gasteiger partial charge in [0, 0.05) is 31.7 Å². The molecule has 1 aromatic rings. The maximum Gasteiger partial charge on any atom is 0.229 e. The highest BCUT2D eigenvalue weighted by molar-refractivity contribution is 5.80. The molecule has 0 spiro atoms. The number of benzene rings is 1. The molecule has 1 aromatic carbocycles. The van der Waals surface area contributed by atoms with Crippen LogP contribution < -0.4 is 14.8 Å². The largest absolute Gasteiger partial charge is 0.497 e. The van der Waals surface area contributed by atoms with Crippen molar-refractivity contribution in [1.82, 2.24) is 10.2 Å². The summed E-state index contributed by atoms with van der Waals surface area (Å²) in [7, 11) is 1.64. The van der Waals surface area contributed by atoms with E-state index in [4.69, 9.17) is 9.47 Å². The van der Waals surface area contributed by atoms with E-state index in [1.54, 1.807) is 7.11 Å². The van der Waals surface area contributed by atoms with E-state index in [0.29, 0.717) is 12.6 Å². The molecule has 0 saturated carbocycles. The minimum absolute atomic E-state index is 0.0730. The predicted octanol–water partition coefficient (Wildman–Crippen LogP) is 1.07. The third-order valence-corrected chi connectivity index (χ3v) is 4.21. The summed E-state index contributed by atoms with van der Waals surface area (Å²) in [6.45, 7) is 5.00. The Morgan fingerprint density at radius 1 is 1.48 bits per heavy atom. The van der Waals surface area contributed by atoms with E-state index < -0.39 is 0 Å². The standard InChI is InChI=1S/C16H22N2O3/c1-11-9-18(6-5-17-11)16(19)13-7-12-3-4-14(20-2)8-15(12)21-10-13/h3-4,8,11,13,17H,5-7,9-10H2,1-2H3/t11-,13-/m0/s1. The Balaban J connectivity index is 1.69. The van der Waals surface area contributed by atoms with Gasteiger partial charge in [-0.05, 0) is 25.0 Å². The van der Waals surface area contributed by atoms with Gasteiger partial charge in [0.15, 0.2) is 0 Å². The molecule has 1 fully saturated rings. The van der Waals surface area contributed by atoms with Gasteiger partial charge in [-0.1, -0.05) is 6.07 Å². The average Bonchev–Trinajstić information content (AvgIpc) is 2.53. The van der Waals surface area contributed by atoms with Crippen LogP contribution in [0.25, 0.3) is 0 Å². The topological polar surface area (TPSA) is 50.8 Å². The smallest absolute Gasteiger partial charge is 0.229 e. The molecule has 1 amide bonds. The summed E-state index contributed by atoms with van der Waals surface area (Å²) in [4.78, 5) is 14.6. The second kappa shape index (κ2) is 5.93. The number of hydrogen-bond donors (Lipinski definition) is 1. The minimum atomic E-state index is -0.0730. The molecule has 0 unspecified atom stereocenters. The molecule has 0 aliphatic carbocycles. The fourth-order valence-electron chi connectivity index (χ4n) is 3.03. The van der Waals surface area contributed by atoms with Crippen molar-refractivity contribution in [3.8, 4) is 11.5 Å². The monoisotopic (exact) mass is 290 g/mol. The lowest BCUT2D eigenvalue weighted by Crippen LogP contribution is -2.53. The third kappa shape index (κ3) is 2.97. The second-order valence-corrected chi connectivity index (χ2v) is 5.83. The highest BCUT2D eigenvalue weighted by Gasteiger charge is 2.31. The van der Waals surface area contributed by atoms with Crippen molar-refractivity contribution in [2.24, 2.45) is 5.92 Å². The molecule has 2 aliphatic heterocycles. The van der Waals surface area contributed by atoms with Crippen molar-refractivity contribution in [1.29, 1.82) is 0 Å². The normalized spacial score (nSPS) is 25.0. The van der Waals surface area contributed by atoms with Gasteiger partial charge in [-0.25, -0.2) is 0 Å². The van der Waals surface area contributed by atoms with E-state index in [1.807, 2.05) is 23.1 Å². The van der Waals surface area contributed by atoms with Crippen molar-refractivity contribution in [2.45, 2.75) is 19.4 Å². The van der Waals surface area contributed by atoms with E-state index in [9.17, 15) is 4.79 Å². The van der Waals surface area contributed by atoms with Crippen LogP contribution in [0.15, 0.2) is 18.2 Å². The first kappa shape index (κ1) is 14.2. The average molecular weight is 290 g/mol. The number of nitrogens with one attached hydrogen (secondary N) is 1. The van der Waals surface area contributed by atoms with Gasteiger partial charge in [0.2, 0.25) is 5.91 Å². The molecule has 5 nitrogen and oxygen atoms in total. The lowest BCUT2D eigenvalue weighted by Gasteiger charge is -2.35. The molecule has 2 atom stereocenters. The Hall–Kier alpha value is -1.75. The third-order valence-electron chi connectivity index (χ3n) is 4.21. The zero-order chi connectivity index (χ0) is 14.8. The number of carbonyl (C=O) groups excluding carboxylic acids is 1. The van der Waals surface area contributed by atoms with Crippen LogP contribution in [-0.2, 0) is 11.2 Å². The summed E-state index contributed by atoms with van der Waals surface area (Å²) in [5.41, 5.74) is 1.09. The van der Waals surface area contributed by atoms with Crippen LogP contribution in [0.4, 0.5) is 0 Å². The van der Waals surface area contributed by atoms with Crippen LogP contribution in [0.1, 0.15) is 12.5 Å². The van der Waals surface area contributed by atoms with E-state index in [0.717, 1.165) is 43.1 Å². The summed E-state index contributed by atoms with van der Waals surface area (Å²) in [6, 6.07) is 6.17. The first-order valence-electron chi connectivity index (χ1n) is 7.49. The SMILES string of the molecule is COc1ccc2c(c1)OC[C@@H](C(=O)N1CCN[C@@H](C)C1)C2.